The van der Waals surface area contributed by atoms with Gasteiger partial charge in [0.25, 0.3) is 0 Å². The van der Waals surface area contributed by atoms with E-state index in [9.17, 15) is 14.7 Å². The topological polar surface area (TPSA) is 115 Å². The molecule has 0 radical (unpaired) electrons. The number of benzene rings is 1. The summed E-state index contributed by atoms with van der Waals surface area (Å²) in [5, 5.41) is 23.9. The third-order valence-corrected chi connectivity index (χ3v) is 5.58. The van der Waals surface area contributed by atoms with Crippen LogP contribution >= 0.6 is 0 Å². The third-order valence-electron chi connectivity index (χ3n) is 5.58. The van der Waals surface area contributed by atoms with Crippen molar-refractivity contribution >= 4 is 17.6 Å². The highest BCUT2D eigenvalue weighted by atomic mass is 16.4. The highest BCUT2D eigenvalue weighted by Gasteiger charge is 2.32. The number of aromatic nitrogens is 4. The lowest BCUT2D eigenvalue weighted by atomic mass is 9.83. The highest BCUT2D eigenvalue weighted by Crippen LogP contribution is 2.30. The largest absolute Gasteiger partial charge is 0.481 e. The summed E-state index contributed by atoms with van der Waals surface area (Å²) >= 11 is 0. The Balaban J connectivity index is 1.71. The fraction of sp³-hybridized carbons (Fsp3) is 0.550. The quantitative estimate of drug-likeness (QED) is 0.693. The molecule has 1 fully saturated rings. The summed E-state index contributed by atoms with van der Waals surface area (Å²) in [5.74, 6) is -1.17. The van der Waals surface area contributed by atoms with Crippen LogP contribution in [0.2, 0.25) is 0 Å². The second-order valence-electron chi connectivity index (χ2n) is 7.47. The Morgan fingerprint density at radius 2 is 1.86 bits per heavy atom. The van der Waals surface area contributed by atoms with E-state index in [0.717, 1.165) is 43.9 Å². The number of nitrogens with one attached hydrogen (secondary N) is 1. The number of carbonyl (C=O) groups excluding carboxylic acids is 1. The van der Waals surface area contributed by atoms with Gasteiger partial charge in [0.1, 0.15) is 0 Å². The van der Waals surface area contributed by atoms with Crippen LogP contribution in [0.1, 0.15) is 44.0 Å². The van der Waals surface area contributed by atoms with Crippen molar-refractivity contribution in [1.29, 1.82) is 0 Å². The standard InChI is InChI=1S/C20H28N6O3/c1-3-4-17(20(28)29)18(19-21-23-24-22-19)13-15-5-7-16(8-6-15)26-11-9-25(10-12-26)14(2)27/h5-8,17-18H,3-4,9-13H2,1-2H3,(H,28,29)(H,21,22,23,24)/t17-,18-/m0/s1. The van der Waals surface area contributed by atoms with Crippen molar-refractivity contribution in [2.75, 3.05) is 31.1 Å². The number of anilines is 1. The van der Waals surface area contributed by atoms with Crippen LogP contribution in [-0.4, -0.2) is 68.7 Å². The summed E-state index contributed by atoms with van der Waals surface area (Å²) in [6.45, 7) is 6.66. The zero-order valence-electron chi connectivity index (χ0n) is 16.9. The molecule has 0 spiro atoms. The molecule has 0 saturated carbocycles. The number of piperazine rings is 1. The van der Waals surface area contributed by atoms with E-state index < -0.39 is 11.9 Å². The normalized spacial score (nSPS) is 16.5. The Morgan fingerprint density at radius 3 is 2.38 bits per heavy atom. The van der Waals surface area contributed by atoms with Gasteiger partial charge < -0.3 is 14.9 Å². The third kappa shape index (κ3) is 5.10. The van der Waals surface area contributed by atoms with Gasteiger partial charge in [-0.25, -0.2) is 0 Å². The van der Waals surface area contributed by atoms with Crippen LogP contribution < -0.4 is 4.90 Å². The van der Waals surface area contributed by atoms with E-state index in [2.05, 4.69) is 37.7 Å². The predicted octanol–water partition coefficient (Wildman–Crippen LogP) is 1.70. The molecule has 9 heteroatoms. The zero-order chi connectivity index (χ0) is 20.8. The molecule has 0 unspecified atom stereocenters. The highest BCUT2D eigenvalue weighted by molar-refractivity contribution is 5.73. The van der Waals surface area contributed by atoms with Gasteiger partial charge in [-0.3, -0.25) is 9.59 Å². The first-order valence-corrected chi connectivity index (χ1v) is 10.0. The number of nitrogens with zero attached hydrogens (tertiary/aromatic N) is 5. The van der Waals surface area contributed by atoms with Gasteiger partial charge in [0, 0.05) is 44.7 Å². The Morgan fingerprint density at radius 1 is 1.17 bits per heavy atom. The maximum atomic E-state index is 11.8. The van der Waals surface area contributed by atoms with Crippen molar-refractivity contribution in [1.82, 2.24) is 25.5 Å². The van der Waals surface area contributed by atoms with Gasteiger partial charge in [-0.1, -0.05) is 30.7 Å². The molecule has 2 N–H and O–H groups in total. The average Bonchev–Trinajstić information content (AvgIpc) is 3.25. The number of carboxylic acid groups (broad SMARTS) is 1. The van der Waals surface area contributed by atoms with Gasteiger partial charge in [0.15, 0.2) is 5.82 Å². The van der Waals surface area contributed by atoms with Crippen LogP contribution in [0.4, 0.5) is 5.69 Å². The van der Waals surface area contributed by atoms with Crippen LogP contribution in [0.5, 0.6) is 0 Å². The Kier molecular flexibility index (Phi) is 6.79. The smallest absolute Gasteiger partial charge is 0.307 e. The van der Waals surface area contributed by atoms with Crippen LogP contribution in [0.3, 0.4) is 0 Å². The number of tetrazole rings is 1. The number of carboxylic acids is 1. The monoisotopic (exact) mass is 400 g/mol. The maximum absolute atomic E-state index is 11.8. The molecule has 1 saturated heterocycles. The van der Waals surface area contributed by atoms with E-state index >= 15 is 0 Å². The number of aliphatic carboxylic acids is 1. The average molecular weight is 400 g/mol. The van der Waals surface area contributed by atoms with Crippen molar-refractivity contribution in [2.24, 2.45) is 5.92 Å². The van der Waals surface area contributed by atoms with E-state index in [0.29, 0.717) is 18.7 Å². The summed E-state index contributed by atoms with van der Waals surface area (Å²) in [5.41, 5.74) is 2.14. The lowest BCUT2D eigenvalue weighted by molar-refractivity contribution is -0.143. The first-order chi connectivity index (χ1) is 14.0. The Bertz CT molecular complexity index is 800. The van der Waals surface area contributed by atoms with Crippen molar-refractivity contribution in [2.45, 2.75) is 39.0 Å². The molecular weight excluding hydrogens is 372 g/mol. The van der Waals surface area contributed by atoms with Gasteiger partial charge in [0.05, 0.1) is 5.92 Å². The molecule has 29 heavy (non-hydrogen) atoms. The molecule has 1 aromatic heterocycles. The number of rotatable bonds is 8. The minimum Gasteiger partial charge on any atom is -0.481 e. The van der Waals surface area contributed by atoms with Crippen molar-refractivity contribution in [3.05, 3.63) is 35.7 Å². The van der Waals surface area contributed by atoms with Crippen molar-refractivity contribution in [3.8, 4) is 0 Å². The number of aromatic amines is 1. The molecule has 1 aliphatic rings. The lowest BCUT2D eigenvalue weighted by Crippen LogP contribution is -2.48. The van der Waals surface area contributed by atoms with E-state index in [1.54, 1.807) is 6.92 Å². The summed E-state index contributed by atoms with van der Waals surface area (Å²) in [7, 11) is 0. The molecule has 1 aromatic carbocycles. The fourth-order valence-corrected chi connectivity index (χ4v) is 3.92. The van der Waals surface area contributed by atoms with E-state index in [1.165, 1.54) is 0 Å². The molecular formula is C20H28N6O3. The molecule has 2 heterocycles. The van der Waals surface area contributed by atoms with Gasteiger partial charge in [-0.05, 0) is 30.5 Å². The lowest BCUT2D eigenvalue weighted by Gasteiger charge is -2.35. The predicted molar refractivity (Wildman–Crippen MR) is 108 cm³/mol. The summed E-state index contributed by atoms with van der Waals surface area (Å²) in [6.07, 6.45) is 1.87. The summed E-state index contributed by atoms with van der Waals surface area (Å²) < 4.78 is 0. The van der Waals surface area contributed by atoms with Gasteiger partial charge in [0.2, 0.25) is 5.91 Å². The first-order valence-electron chi connectivity index (χ1n) is 10.0. The fourth-order valence-electron chi connectivity index (χ4n) is 3.92. The van der Waals surface area contributed by atoms with Crippen LogP contribution in [-0.2, 0) is 16.0 Å². The molecule has 9 nitrogen and oxygen atoms in total. The molecule has 2 atom stereocenters. The van der Waals surface area contributed by atoms with Gasteiger partial charge >= 0.3 is 5.97 Å². The first kappa shape index (κ1) is 20.8. The molecule has 156 valence electrons. The van der Waals surface area contributed by atoms with Gasteiger partial charge in [-0.2, -0.15) is 5.21 Å². The van der Waals surface area contributed by atoms with Crippen molar-refractivity contribution < 1.29 is 14.7 Å². The minimum absolute atomic E-state index is 0.118. The number of H-pyrrole nitrogens is 1. The summed E-state index contributed by atoms with van der Waals surface area (Å²) in [4.78, 5) is 27.4. The van der Waals surface area contributed by atoms with E-state index in [1.807, 2.05) is 24.0 Å². The van der Waals surface area contributed by atoms with Gasteiger partial charge in [-0.15, -0.1) is 10.2 Å². The molecule has 1 aliphatic heterocycles. The maximum Gasteiger partial charge on any atom is 0.307 e. The van der Waals surface area contributed by atoms with Crippen LogP contribution in [0.25, 0.3) is 0 Å². The van der Waals surface area contributed by atoms with Crippen LogP contribution in [0.15, 0.2) is 24.3 Å². The number of hydrogen-bond donors (Lipinski definition) is 2. The minimum atomic E-state index is -0.832. The molecule has 1 amide bonds. The van der Waals surface area contributed by atoms with Crippen molar-refractivity contribution in [3.63, 3.8) is 0 Å². The number of hydrogen-bond acceptors (Lipinski definition) is 6. The molecule has 0 bridgehead atoms. The molecule has 0 aliphatic carbocycles. The number of carbonyl (C=O) groups is 2. The second-order valence-corrected chi connectivity index (χ2v) is 7.47. The van der Waals surface area contributed by atoms with E-state index in [-0.39, 0.29) is 11.8 Å². The molecule has 3 rings (SSSR count). The zero-order valence-corrected chi connectivity index (χ0v) is 16.9. The SMILES string of the molecule is CCC[C@H](C(=O)O)[C@H](Cc1ccc(N2CCN(C(C)=O)CC2)cc1)c1nn[nH]n1. The van der Waals surface area contributed by atoms with Crippen LogP contribution in [0, 0.1) is 5.92 Å². The molecule has 2 aromatic rings. The summed E-state index contributed by atoms with van der Waals surface area (Å²) in [6, 6.07) is 8.18. The Hall–Kier alpha value is -2.97. The number of amides is 1. The second kappa shape index (κ2) is 9.49. The van der Waals surface area contributed by atoms with E-state index in [4.69, 9.17) is 0 Å². The Labute approximate surface area is 170 Å².